The van der Waals surface area contributed by atoms with Crippen LogP contribution in [0.5, 0.6) is 5.75 Å². The summed E-state index contributed by atoms with van der Waals surface area (Å²) >= 11 is 0. The predicted molar refractivity (Wildman–Crippen MR) is 89.6 cm³/mol. The highest BCUT2D eigenvalue weighted by molar-refractivity contribution is 5.28. The van der Waals surface area contributed by atoms with E-state index >= 15 is 0 Å². The van der Waals surface area contributed by atoms with Crippen LogP contribution in [0.2, 0.25) is 0 Å². The van der Waals surface area contributed by atoms with Crippen LogP contribution in [-0.2, 0) is 4.74 Å². The fraction of sp³-hybridized carbons (Fsp3) is 0.667. The minimum atomic E-state index is -0.608. The summed E-state index contributed by atoms with van der Waals surface area (Å²) in [6, 6.07) is 7.62. The van der Waals surface area contributed by atoms with Crippen molar-refractivity contribution >= 4 is 0 Å². The van der Waals surface area contributed by atoms with E-state index in [9.17, 15) is 10.2 Å². The summed E-state index contributed by atoms with van der Waals surface area (Å²) in [5, 5.41) is 23.0. The number of aliphatic hydroxyl groups is 2. The highest BCUT2D eigenvalue weighted by Gasteiger charge is 2.21. The second kappa shape index (κ2) is 9.23. The summed E-state index contributed by atoms with van der Waals surface area (Å²) in [4.78, 5) is 0. The molecule has 0 radical (unpaired) electrons. The third-order valence-corrected chi connectivity index (χ3v) is 3.80. The van der Waals surface area contributed by atoms with E-state index in [1.54, 1.807) is 0 Å². The summed E-state index contributed by atoms with van der Waals surface area (Å²) in [6.07, 6.45) is 1.35. The lowest BCUT2D eigenvalue weighted by atomic mass is 10.1. The van der Waals surface area contributed by atoms with Crippen molar-refractivity contribution in [3.05, 3.63) is 29.8 Å². The Bertz CT molecular complexity index is 445. The van der Waals surface area contributed by atoms with E-state index in [2.05, 4.69) is 5.32 Å². The molecule has 5 heteroatoms. The van der Waals surface area contributed by atoms with Crippen molar-refractivity contribution < 1.29 is 19.7 Å². The van der Waals surface area contributed by atoms with Gasteiger partial charge in [0.1, 0.15) is 24.6 Å². The van der Waals surface area contributed by atoms with Crippen molar-refractivity contribution in [3.8, 4) is 5.75 Å². The Kier molecular flexibility index (Phi) is 7.30. The maximum atomic E-state index is 10.1. The summed E-state index contributed by atoms with van der Waals surface area (Å²) in [7, 11) is 0. The molecule has 2 atom stereocenters. The van der Waals surface area contributed by atoms with Crippen molar-refractivity contribution in [2.45, 2.75) is 44.9 Å². The molecule has 1 aliphatic carbocycles. The van der Waals surface area contributed by atoms with Crippen LogP contribution in [0.3, 0.4) is 0 Å². The molecule has 23 heavy (non-hydrogen) atoms. The van der Waals surface area contributed by atoms with Crippen molar-refractivity contribution in [2.24, 2.45) is 5.92 Å². The molecule has 5 nitrogen and oxygen atoms in total. The monoisotopic (exact) mass is 323 g/mol. The van der Waals surface area contributed by atoms with Gasteiger partial charge in [0.2, 0.25) is 0 Å². The maximum absolute atomic E-state index is 10.1. The lowest BCUT2D eigenvalue weighted by Gasteiger charge is -2.16. The van der Waals surface area contributed by atoms with Crippen LogP contribution in [0.1, 0.15) is 38.4 Å². The SMILES string of the molecule is CC(C)NC[C@@H](O)COc1ccc([C@H](O)COCC2CC2)cc1. The van der Waals surface area contributed by atoms with E-state index in [-0.39, 0.29) is 6.61 Å². The summed E-state index contributed by atoms with van der Waals surface area (Å²) < 4.78 is 11.1. The van der Waals surface area contributed by atoms with Gasteiger partial charge in [0.25, 0.3) is 0 Å². The summed E-state index contributed by atoms with van der Waals surface area (Å²) in [5.74, 6) is 1.39. The topological polar surface area (TPSA) is 71.0 Å². The van der Waals surface area contributed by atoms with Crippen LogP contribution >= 0.6 is 0 Å². The van der Waals surface area contributed by atoms with Gasteiger partial charge in [0.15, 0.2) is 0 Å². The number of rotatable bonds is 11. The zero-order chi connectivity index (χ0) is 16.7. The van der Waals surface area contributed by atoms with Crippen molar-refractivity contribution in [1.82, 2.24) is 5.32 Å². The fourth-order valence-corrected chi connectivity index (χ4v) is 2.14. The average Bonchev–Trinajstić information content (AvgIpc) is 3.35. The number of nitrogens with one attached hydrogen (secondary N) is 1. The normalized spacial score (nSPS) is 17.3. The lowest BCUT2D eigenvalue weighted by Crippen LogP contribution is -2.35. The molecule has 1 aromatic carbocycles. The van der Waals surface area contributed by atoms with Crippen LogP contribution in [-0.4, -0.2) is 48.7 Å². The zero-order valence-corrected chi connectivity index (χ0v) is 14.1. The van der Waals surface area contributed by atoms with Gasteiger partial charge in [0.05, 0.1) is 6.61 Å². The van der Waals surface area contributed by atoms with Gasteiger partial charge in [-0.2, -0.15) is 0 Å². The molecular weight excluding hydrogens is 294 g/mol. The molecule has 0 amide bonds. The molecule has 0 saturated heterocycles. The maximum Gasteiger partial charge on any atom is 0.119 e. The molecule has 1 aromatic rings. The molecule has 0 aliphatic heterocycles. The Morgan fingerprint density at radius 1 is 1.13 bits per heavy atom. The first-order valence-electron chi connectivity index (χ1n) is 8.44. The first-order valence-corrected chi connectivity index (χ1v) is 8.44. The smallest absolute Gasteiger partial charge is 0.119 e. The Morgan fingerprint density at radius 2 is 1.83 bits per heavy atom. The summed E-state index contributed by atoms with van der Waals surface area (Å²) in [5.41, 5.74) is 0.815. The van der Waals surface area contributed by atoms with E-state index in [1.807, 2.05) is 38.1 Å². The third-order valence-electron chi connectivity index (χ3n) is 3.80. The van der Waals surface area contributed by atoms with Crippen LogP contribution in [0.25, 0.3) is 0 Å². The molecule has 1 fully saturated rings. The van der Waals surface area contributed by atoms with Gasteiger partial charge in [-0.15, -0.1) is 0 Å². The van der Waals surface area contributed by atoms with Gasteiger partial charge in [-0.3, -0.25) is 0 Å². The third kappa shape index (κ3) is 7.31. The number of ether oxygens (including phenoxy) is 2. The van der Waals surface area contributed by atoms with E-state index < -0.39 is 12.2 Å². The fourth-order valence-electron chi connectivity index (χ4n) is 2.14. The van der Waals surface area contributed by atoms with Gasteiger partial charge >= 0.3 is 0 Å². The van der Waals surface area contributed by atoms with Gasteiger partial charge in [-0.1, -0.05) is 26.0 Å². The molecule has 1 saturated carbocycles. The van der Waals surface area contributed by atoms with Crippen LogP contribution in [0.15, 0.2) is 24.3 Å². The largest absolute Gasteiger partial charge is 0.491 e. The van der Waals surface area contributed by atoms with Crippen LogP contribution in [0, 0.1) is 5.92 Å². The number of aliphatic hydroxyl groups excluding tert-OH is 2. The number of benzene rings is 1. The average molecular weight is 323 g/mol. The second-order valence-corrected chi connectivity index (χ2v) is 6.59. The summed E-state index contributed by atoms with van der Waals surface area (Å²) in [6.45, 7) is 5.90. The first-order chi connectivity index (χ1) is 11.0. The van der Waals surface area contributed by atoms with Gasteiger partial charge in [-0.05, 0) is 36.5 Å². The Labute approximate surface area is 138 Å². The molecular formula is C18H29NO4. The molecule has 0 unspecified atom stereocenters. The molecule has 2 rings (SSSR count). The molecule has 0 bridgehead atoms. The second-order valence-electron chi connectivity index (χ2n) is 6.59. The van der Waals surface area contributed by atoms with Gasteiger partial charge in [-0.25, -0.2) is 0 Å². The molecule has 0 heterocycles. The van der Waals surface area contributed by atoms with Gasteiger partial charge in [0, 0.05) is 19.2 Å². The molecule has 130 valence electrons. The molecule has 1 aliphatic rings. The zero-order valence-electron chi connectivity index (χ0n) is 14.1. The number of hydrogen-bond acceptors (Lipinski definition) is 5. The van der Waals surface area contributed by atoms with E-state index in [0.717, 1.165) is 12.2 Å². The predicted octanol–water partition coefficient (Wildman–Crippen LogP) is 1.88. The van der Waals surface area contributed by atoms with Crippen molar-refractivity contribution in [2.75, 3.05) is 26.4 Å². The van der Waals surface area contributed by atoms with E-state index in [1.165, 1.54) is 12.8 Å². The van der Waals surface area contributed by atoms with Crippen molar-refractivity contribution in [1.29, 1.82) is 0 Å². The lowest BCUT2D eigenvalue weighted by molar-refractivity contribution is 0.0314. The van der Waals surface area contributed by atoms with Gasteiger partial charge < -0.3 is 25.0 Å². The first kappa shape index (κ1) is 18.2. The quantitative estimate of drug-likeness (QED) is 0.580. The molecule has 3 N–H and O–H groups in total. The standard InChI is InChI=1S/C18H29NO4/c1-13(2)19-9-16(20)11-23-17-7-5-15(6-8-17)18(21)12-22-10-14-3-4-14/h5-8,13-14,16,18-21H,3-4,9-12H2,1-2H3/t16-,18-/m1/s1. The van der Waals surface area contributed by atoms with Crippen molar-refractivity contribution in [3.63, 3.8) is 0 Å². The molecule has 0 aromatic heterocycles. The Morgan fingerprint density at radius 3 is 2.43 bits per heavy atom. The Balaban J connectivity index is 1.68. The minimum Gasteiger partial charge on any atom is -0.491 e. The van der Waals surface area contributed by atoms with E-state index in [0.29, 0.717) is 30.9 Å². The highest BCUT2D eigenvalue weighted by atomic mass is 16.5. The van der Waals surface area contributed by atoms with E-state index in [4.69, 9.17) is 9.47 Å². The molecule has 0 spiro atoms. The Hall–Kier alpha value is -1.14. The highest BCUT2D eigenvalue weighted by Crippen LogP contribution is 2.29. The van der Waals surface area contributed by atoms with Crippen LogP contribution in [0.4, 0.5) is 0 Å². The minimum absolute atomic E-state index is 0.242. The number of hydrogen-bond donors (Lipinski definition) is 3. The van der Waals surface area contributed by atoms with Crippen LogP contribution < -0.4 is 10.1 Å².